The molecule has 4 nitrogen and oxygen atoms in total. The van der Waals surface area contributed by atoms with Gasteiger partial charge < -0.3 is 4.74 Å². The second kappa shape index (κ2) is 6.91. The Balaban J connectivity index is 3.24. The molecule has 0 radical (unpaired) electrons. The summed E-state index contributed by atoms with van der Waals surface area (Å²) >= 11 is 0. The lowest BCUT2D eigenvalue weighted by Crippen LogP contribution is -2.28. The predicted octanol–water partition coefficient (Wildman–Crippen LogP) is 2.82. The Morgan fingerprint density at radius 1 is 1.26 bits per heavy atom. The van der Waals surface area contributed by atoms with Crippen LogP contribution >= 0.6 is 0 Å². The first-order valence-electron chi connectivity index (χ1n) is 6.49. The van der Waals surface area contributed by atoms with E-state index in [2.05, 4.69) is 6.92 Å². The molecule has 0 aliphatic carbocycles. The minimum Gasteiger partial charge on any atom is -0.496 e. The maximum atomic E-state index is 12.5. The standard InChI is InChI=1S/C14H23NO3S/c1-5-6-11-14(19(16,17)15(2)3)12-9-7-8-10-13(12)18-4/h7-10,14H,5-6,11H2,1-4H3/t14-/m0/s1. The molecule has 1 atom stereocenters. The molecule has 0 aromatic heterocycles. The molecule has 5 heteroatoms. The molecule has 108 valence electrons. The van der Waals surface area contributed by atoms with Crippen molar-refractivity contribution in [3.8, 4) is 5.75 Å². The van der Waals surface area contributed by atoms with E-state index in [-0.39, 0.29) is 0 Å². The van der Waals surface area contributed by atoms with Crippen LogP contribution in [0.25, 0.3) is 0 Å². The fraction of sp³-hybridized carbons (Fsp3) is 0.571. The first kappa shape index (κ1) is 16.0. The van der Waals surface area contributed by atoms with Crippen molar-refractivity contribution in [3.63, 3.8) is 0 Å². The number of para-hydroxylation sites is 1. The van der Waals surface area contributed by atoms with Crippen molar-refractivity contribution in [2.45, 2.75) is 31.4 Å². The molecule has 1 rings (SSSR count). The van der Waals surface area contributed by atoms with E-state index < -0.39 is 15.3 Å². The number of hydrogen-bond donors (Lipinski definition) is 0. The molecule has 0 saturated heterocycles. The first-order chi connectivity index (χ1) is 8.95. The van der Waals surface area contributed by atoms with Crippen LogP contribution in [-0.2, 0) is 10.0 Å². The van der Waals surface area contributed by atoms with Crippen LogP contribution in [0, 0.1) is 0 Å². The molecule has 0 unspecified atom stereocenters. The van der Waals surface area contributed by atoms with Gasteiger partial charge in [-0.25, -0.2) is 12.7 Å². The molecule has 19 heavy (non-hydrogen) atoms. The van der Waals surface area contributed by atoms with Crippen LogP contribution in [0.4, 0.5) is 0 Å². The Bertz CT molecular complexity index is 497. The van der Waals surface area contributed by atoms with Gasteiger partial charge in [0.25, 0.3) is 0 Å². The third kappa shape index (κ3) is 3.70. The third-order valence-electron chi connectivity index (χ3n) is 3.17. The van der Waals surface area contributed by atoms with Gasteiger partial charge in [0.15, 0.2) is 0 Å². The first-order valence-corrected chi connectivity index (χ1v) is 7.99. The second-order valence-corrected chi connectivity index (χ2v) is 7.03. The molecule has 0 spiro atoms. The zero-order valence-corrected chi connectivity index (χ0v) is 12.9. The highest BCUT2D eigenvalue weighted by atomic mass is 32.2. The molecule has 1 aromatic rings. The summed E-state index contributed by atoms with van der Waals surface area (Å²) in [6.45, 7) is 2.06. The van der Waals surface area contributed by atoms with Crippen molar-refractivity contribution in [2.75, 3.05) is 21.2 Å². The van der Waals surface area contributed by atoms with Gasteiger partial charge >= 0.3 is 0 Å². The Morgan fingerprint density at radius 2 is 1.89 bits per heavy atom. The number of nitrogens with zero attached hydrogens (tertiary/aromatic N) is 1. The van der Waals surface area contributed by atoms with Crippen molar-refractivity contribution in [3.05, 3.63) is 29.8 Å². The summed E-state index contributed by atoms with van der Waals surface area (Å²) in [7, 11) is 1.37. The Labute approximate surface area is 116 Å². The summed E-state index contributed by atoms with van der Waals surface area (Å²) < 4.78 is 31.5. The molecule has 0 heterocycles. The van der Waals surface area contributed by atoms with Crippen LogP contribution in [0.15, 0.2) is 24.3 Å². The highest BCUT2D eigenvalue weighted by molar-refractivity contribution is 7.89. The summed E-state index contributed by atoms with van der Waals surface area (Å²) in [5, 5.41) is -0.543. The van der Waals surface area contributed by atoms with Crippen LogP contribution in [0.5, 0.6) is 5.75 Å². The maximum absolute atomic E-state index is 12.5. The fourth-order valence-electron chi connectivity index (χ4n) is 2.04. The predicted molar refractivity (Wildman–Crippen MR) is 77.9 cm³/mol. The molecule has 0 N–H and O–H groups in total. The minimum absolute atomic E-state index is 0.543. The van der Waals surface area contributed by atoms with Gasteiger partial charge in [-0.2, -0.15) is 0 Å². The van der Waals surface area contributed by atoms with Gasteiger partial charge in [-0.3, -0.25) is 0 Å². The summed E-state index contributed by atoms with van der Waals surface area (Å²) in [5.41, 5.74) is 0.743. The molecule has 0 aliphatic rings. The number of sulfonamides is 1. The van der Waals surface area contributed by atoms with Crippen molar-refractivity contribution in [1.29, 1.82) is 0 Å². The van der Waals surface area contributed by atoms with Gasteiger partial charge in [-0.05, 0) is 12.5 Å². The highest BCUT2D eigenvalue weighted by Gasteiger charge is 2.30. The lowest BCUT2D eigenvalue weighted by Gasteiger charge is -2.23. The molecular formula is C14H23NO3S. The fourth-order valence-corrected chi connectivity index (χ4v) is 3.53. The highest BCUT2D eigenvalue weighted by Crippen LogP contribution is 2.35. The Morgan fingerprint density at radius 3 is 2.42 bits per heavy atom. The quantitative estimate of drug-likeness (QED) is 0.774. The van der Waals surface area contributed by atoms with Gasteiger partial charge in [-0.1, -0.05) is 38.0 Å². The topological polar surface area (TPSA) is 46.6 Å². The van der Waals surface area contributed by atoms with Crippen molar-refractivity contribution < 1.29 is 13.2 Å². The zero-order valence-electron chi connectivity index (χ0n) is 12.1. The molecule has 0 aliphatic heterocycles. The second-order valence-electron chi connectivity index (χ2n) is 4.70. The van der Waals surface area contributed by atoms with E-state index in [0.717, 1.165) is 18.4 Å². The van der Waals surface area contributed by atoms with E-state index in [1.807, 2.05) is 18.2 Å². The van der Waals surface area contributed by atoms with E-state index in [1.165, 1.54) is 4.31 Å². The van der Waals surface area contributed by atoms with Crippen molar-refractivity contribution in [2.24, 2.45) is 0 Å². The SMILES string of the molecule is CCCC[C@@H](c1ccccc1OC)S(=O)(=O)N(C)C. The maximum Gasteiger partial charge on any atom is 0.220 e. The van der Waals surface area contributed by atoms with Crippen LogP contribution in [0.2, 0.25) is 0 Å². The van der Waals surface area contributed by atoms with Gasteiger partial charge in [0.05, 0.1) is 7.11 Å². The van der Waals surface area contributed by atoms with E-state index in [0.29, 0.717) is 12.2 Å². The summed E-state index contributed by atoms with van der Waals surface area (Å²) in [6.07, 6.45) is 2.45. The van der Waals surface area contributed by atoms with Crippen molar-refractivity contribution >= 4 is 10.0 Å². The lowest BCUT2D eigenvalue weighted by atomic mass is 10.1. The zero-order chi connectivity index (χ0) is 14.5. The molecule has 0 saturated carbocycles. The largest absolute Gasteiger partial charge is 0.496 e. The molecule has 0 bridgehead atoms. The number of unbranched alkanes of at least 4 members (excludes halogenated alkanes) is 1. The van der Waals surface area contributed by atoms with E-state index >= 15 is 0 Å². The van der Waals surface area contributed by atoms with E-state index in [4.69, 9.17) is 4.74 Å². The Kier molecular flexibility index (Phi) is 5.82. The number of methoxy groups -OCH3 is 1. The van der Waals surface area contributed by atoms with E-state index in [1.54, 1.807) is 27.3 Å². The van der Waals surface area contributed by atoms with Gasteiger partial charge in [0, 0.05) is 19.7 Å². The van der Waals surface area contributed by atoms with Gasteiger partial charge in [-0.15, -0.1) is 0 Å². The minimum atomic E-state index is -3.34. The normalized spacial score (nSPS) is 13.5. The van der Waals surface area contributed by atoms with Gasteiger partial charge in [0.2, 0.25) is 10.0 Å². The lowest BCUT2D eigenvalue weighted by molar-refractivity contribution is 0.406. The average molecular weight is 285 g/mol. The number of hydrogen-bond acceptors (Lipinski definition) is 3. The Hall–Kier alpha value is -1.07. The number of benzene rings is 1. The molecular weight excluding hydrogens is 262 g/mol. The van der Waals surface area contributed by atoms with Crippen LogP contribution in [0.3, 0.4) is 0 Å². The number of rotatable bonds is 7. The average Bonchev–Trinajstić information content (AvgIpc) is 2.39. The molecule has 1 aromatic carbocycles. The summed E-state index contributed by atoms with van der Waals surface area (Å²) in [4.78, 5) is 0. The summed E-state index contributed by atoms with van der Waals surface area (Å²) in [5.74, 6) is 0.633. The van der Waals surface area contributed by atoms with E-state index in [9.17, 15) is 8.42 Å². The van der Waals surface area contributed by atoms with Gasteiger partial charge in [0.1, 0.15) is 11.0 Å². The molecule has 0 amide bonds. The van der Waals surface area contributed by atoms with Crippen LogP contribution in [-0.4, -0.2) is 33.9 Å². The smallest absolute Gasteiger partial charge is 0.220 e. The third-order valence-corrected chi connectivity index (χ3v) is 5.40. The monoisotopic (exact) mass is 285 g/mol. The molecule has 0 fully saturated rings. The van der Waals surface area contributed by atoms with Crippen LogP contribution < -0.4 is 4.74 Å². The number of ether oxygens (including phenoxy) is 1. The van der Waals surface area contributed by atoms with Crippen LogP contribution in [0.1, 0.15) is 37.0 Å². The summed E-state index contributed by atoms with van der Waals surface area (Å²) in [6, 6.07) is 7.34. The van der Waals surface area contributed by atoms with Crippen molar-refractivity contribution in [1.82, 2.24) is 4.31 Å².